The maximum atomic E-state index is 5.54. The van der Waals surface area contributed by atoms with Gasteiger partial charge in [-0.2, -0.15) is 0 Å². The lowest BCUT2D eigenvalue weighted by atomic mass is 10.2. The molecule has 2 aromatic rings. The number of pyridine rings is 1. The molecule has 0 aliphatic carbocycles. The smallest absolute Gasteiger partial charge is 0.198 e. The van der Waals surface area contributed by atoms with Gasteiger partial charge in [-0.25, -0.2) is 4.98 Å². The molecule has 98 valence electrons. The van der Waals surface area contributed by atoms with E-state index in [9.17, 15) is 0 Å². The monoisotopic (exact) mass is 377 g/mol. The lowest BCUT2D eigenvalue weighted by molar-refractivity contribution is -0.389. The third-order valence-electron chi connectivity index (χ3n) is 2.45. The van der Waals surface area contributed by atoms with Crippen LogP contribution in [0.5, 0.6) is 0 Å². The number of halogens is 2. The molecular formula is C13H17ClIN3. The van der Waals surface area contributed by atoms with Crippen LogP contribution in [0.15, 0.2) is 48.7 Å². The van der Waals surface area contributed by atoms with Gasteiger partial charge in [-0.1, -0.05) is 18.2 Å². The van der Waals surface area contributed by atoms with Crippen molar-refractivity contribution in [3.63, 3.8) is 0 Å². The normalized spacial score (nSPS) is 8.94. The second-order valence-electron chi connectivity index (χ2n) is 3.64. The topological polar surface area (TPSA) is 52.2 Å². The number of anilines is 1. The van der Waals surface area contributed by atoms with Crippen molar-refractivity contribution in [3.8, 4) is 0 Å². The minimum atomic E-state index is 0. The molecule has 2 rings (SSSR count). The minimum Gasteiger partial charge on any atom is -1.00 e. The van der Waals surface area contributed by atoms with Gasteiger partial charge in [0.1, 0.15) is 6.54 Å². The summed E-state index contributed by atoms with van der Waals surface area (Å²) in [6.07, 6.45) is 1.93. The molecule has 4 N–H and O–H groups in total. The molecule has 0 saturated heterocycles. The zero-order valence-corrected chi connectivity index (χ0v) is 12.9. The Morgan fingerprint density at radius 3 is 2.33 bits per heavy atom. The molecule has 0 spiro atoms. The first-order chi connectivity index (χ1) is 7.88. The lowest BCUT2D eigenvalue weighted by Crippen LogP contribution is -3.00. The van der Waals surface area contributed by atoms with E-state index in [4.69, 9.17) is 5.73 Å². The third kappa shape index (κ3) is 5.20. The molecule has 0 fully saturated rings. The van der Waals surface area contributed by atoms with Crippen LogP contribution in [0, 0.1) is 0 Å². The summed E-state index contributed by atoms with van der Waals surface area (Å²) in [5.41, 5.74) is 8.95. The van der Waals surface area contributed by atoms with Crippen LogP contribution >= 0.6 is 12.4 Å². The van der Waals surface area contributed by atoms with E-state index in [0.29, 0.717) is 6.54 Å². The van der Waals surface area contributed by atoms with Crippen LogP contribution in [0.25, 0.3) is 0 Å². The SMILES string of the molecule is Cl.NCc1ccc(NCc2cccc[nH+]2)cc1.[I-]. The van der Waals surface area contributed by atoms with Crippen molar-refractivity contribution in [1.82, 2.24) is 0 Å². The van der Waals surface area contributed by atoms with Crippen LogP contribution in [0.4, 0.5) is 5.69 Å². The standard InChI is InChI=1S/C13H15N3.ClH.HI/c14-9-11-4-6-12(7-5-11)16-10-13-3-1-2-8-15-13;;/h1-8,16H,9-10,14H2;2*1H. The first kappa shape index (κ1) is 17.2. The second-order valence-corrected chi connectivity index (χ2v) is 3.64. The van der Waals surface area contributed by atoms with Gasteiger partial charge in [-0.3, -0.25) is 0 Å². The predicted octanol–water partition coefficient (Wildman–Crippen LogP) is -1.00. The molecule has 5 heteroatoms. The number of nitrogens with two attached hydrogens (primary N) is 1. The highest BCUT2D eigenvalue weighted by Gasteiger charge is 1.98. The molecule has 0 atom stereocenters. The molecule has 0 aliphatic heterocycles. The first-order valence-corrected chi connectivity index (χ1v) is 5.37. The highest BCUT2D eigenvalue weighted by atomic mass is 127. The van der Waals surface area contributed by atoms with Crippen molar-refractivity contribution in [1.29, 1.82) is 0 Å². The average Bonchev–Trinajstić information content (AvgIpc) is 2.38. The molecule has 0 bridgehead atoms. The molecule has 0 aliphatic rings. The van der Waals surface area contributed by atoms with Crippen LogP contribution in [0.3, 0.4) is 0 Å². The van der Waals surface area contributed by atoms with Gasteiger partial charge in [0.15, 0.2) is 11.9 Å². The zero-order chi connectivity index (χ0) is 11.2. The van der Waals surface area contributed by atoms with Crippen molar-refractivity contribution in [2.75, 3.05) is 5.32 Å². The molecular weight excluding hydrogens is 361 g/mol. The van der Waals surface area contributed by atoms with Gasteiger partial charge < -0.3 is 35.0 Å². The van der Waals surface area contributed by atoms with Gasteiger partial charge in [0, 0.05) is 24.4 Å². The van der Waals surface area contributed by atoms with E-state index in [1.165, 1.54) is 0 Å². The van der Waals surface area contributed by atoms with E-state index in [1.807, 2.05) is 42.6 Å². The molecule has 18 heavy (non-hydrogen) atoms. The number of H-pyrrole nitrogens is 1. The van der Waals surface area contributed by atoms with E-state index in [2.05, 4.69) is 16.4 Å². The van der Waals surface area contributed by atoms with E-state index >= 15 is 0 Å². The minimum absolute atomic E-state index is 0. The third-order valence-corrected chi connectivity index (χ3v) is 2.45. The summed E-state index contributed by atoms with van der Waals surface area (Å²) in [7, 11) is 0. The molecule has 0 amide bonds. The van der Waals surface area contributed by atoms with Gasteiger partial charge in [-0.05, 0) is 17.7 Å². The maximum Gasteiger partial charge on any atom is 0.198 e. The number of aromatic amines is 1. The number of nitrogens with one attached hydrogen (secondary N) is 2. The molecule has 0 unspecified atom stereocenters. The number of rotatable bonds is 4. The Balaban J connectivity index is 0.00000144. The highest BCUT2D eigenvalue weighted by molar-refractivity contribution is 5.85. The molecule has 0 saturated carbocycles. The maximum absolute atomic E-state index is 5.54. The zero-order valence-electron chi connectivity index (χ0n) is 9.90. The average molecular weight is 378 g/mol. The Labute approximate surface area is 131 Å². The fourth-order valence-corrected chi connectivity index (χ4v) is 1.50. The fraction of sp³-hybridized carbons (Fsp3) is 0.154. The Kier molecular flexibility index (Phi) is 8.70. The largest absolute Gasteiger partial charge is 1.00 e. The van der Waals surface area contributed by atoms with E-state index in [1.54, 1.807) is 0 Å². The quantitative estimate of drug-likeness (QED) is 0.672. The Bertz CT molecular complexity index is 434. The lowest BCUT2D eigenvalue weighted by Gasteiger charge is -2.04. The Hall–Kier alpha value is -0.850. The highest BCUT2D eigenvalue weighted by Crippen LogP contribution is 2.09. The summed E-state index contributed by atoms with van der Waals surface area (Å²) in [5, 5.41) is 3.34. The summed E-state index contributed by atoms with van der Waals surface area (Å²) in [4.78, 5) is 3.18. The molecule has 0 radical (unpaired) electrons. The molecule has 3 nitrogen and oxygen atoms in total. The van der Waals surface area contributed by atoms with Crippen molar-refractivity contribution in [3.05, 3.63) is 59.9 Å². The van der Waals surface area contributed by atoms with E-state index in [0.717, 1.165) is 23.5 Å². The van der Waals surface area contributed by atoms with Crippen molar-refractivity contribution >= 4 is 18.1 Å². The summed E-state index contributed by atoms with van der Waals surface area (Å²) in [6.45, 7) is 1.38. The number of hydrogen-bond acceptors (Lipinski definition) is 2. The van der Waals surface area contributed by atoms with Crippen molar-refractivity contribution in [2.24, 2.45) is 5.73 Å². The first-order valence-electron chi connectivity index (χ1n) is 5.37. The van der Waals surface area contributed by atoms with E-state index < -0.39 is 0 Å². The van der Waals surface area contributed by atoms with Crippen LogP contribution in [-0.4, -0.2) is 0 Å². The van der Waals surface area contributed by atoms with E-state index in [-0.39, 0.29) is 36.4 Å². The molecule has 1 aromatic carbocycles. The molecule has 1 aromatic heterocycles. The summed E-state index contributed by atoms with van der Waals surface area (Å²) < 4.78 is 0. The summed E-state index contributed by atoms with van der Waals surface area (Å²) >= 11 is 0. The number of aromatic nitrogens is 1. The Morgan fingerprint density at radius 1 is 1.06 bits per heavy atom. The van der Waals surface area contributed by atoms with Gasteiger partial charge >= 0.3 is 0 Å². The van der Waals surface area contributed by atoms with Gasteiger partial charge in [0.2, 0.25) is 0 Å². The van der Waals surface area contributed by atoms with Gasteiger partial charge in [0.25, 0.3) is 0 Å². The number of benzene rings is 1. The second kappa shape index (κ2) is 9.13. The van der Waals surface area contributed by atoms with Crippen LogP contribution in [-0.2, 0) is 13.1 Å². The van der Waals surface area contributed by atoms with Crippen molar-refractivity contribution in [2.45, 2.75) is 13.1 Å². The molecule has 1 heterocycles. The predicted molar refractivity (Wildman–Crippen MR) is 71.9 cm³/mol. The number of hydrogen-bond donors (Lipinski definition) is 2. The summed E-state index contributed by atoms with van der Waals surface area (Å²) in [6, 6.07) is 14.2. The van der Waals surface area contributed by atoms with Crippen LogP contribution < -0.4 is 40.0 Å². The fourth-order valence-electron chi connectivity index (χ4n) is 1.50. The van der Waals surface area contributed by atoms with Crippen LogP contribution in [0.1, 0.15) is 11.3 Å². The Morgan fingerprint density at radius 2 is 1.78 bits per heavy atom. The van der Waals surface area contributed by atoms with Crippen molar-refractivity contribution < 1.29 is 29.0 Å². The summed E-state index contributed by atoms with van der Waals surface area (Å²) in [5.74, 6) is 0. The van der Waals surface area contributed by atoms with Gasteiger partial charge in [-0.15, -0.1) is 12.4 Å². The van der Waals surface area contributed by atoms with Crippen LogP contribution in [0.2, 0.25) is 0 Å². The van der Waals surface area contributed by atoms with Gasteiger partial charge in [0.05, 0.1) is 0 Å².